The Bertz CT molecular complexity index is 787. The molecule has 7 heteroatoms. The second-order valence-electron chi connectivity index (χ2n) is 6.84. The van der Waals surface area contributed by atoms with Crippen LogP contribution in [0.2, 0.25) is 0 Å². The van der Waals surface area contributed by atoms with E-state index in [-0.39, 0.29) is 24.2 Å². The van der Waals surface area contributed by atoms with Gasteiger partial charge in [-0.3, -0.25) is 4.90 Å². The molecule has 0 radical (unpaired) electrons. The van der Waals surface area contributed by atoms with Crippen LogP contribution in [0.3, 0.4) is 0 Å². The number of thiophene rings is 1. The molecule has 26 heavy (non-hydrogen) atoms. The molecule has 0 aliphatic carbocycles. The number of aryl methyl sites for hydroxylation is 1. The van der Waals surface area contributed by atoms with Crippen LogP contribution in [-0.2, 0) is 16.4 Å². The molecule has 142 valence electrons. The Morgan fingerprint density at radius 2 is 2.08 bits per heavy atom. The van der Waals surface area contributed by atoms with E-state index in [1.165, 1.54) is 4.88 Å². The molecule has 5 nitrogen and oxygen atoms in total. The van der Waals surface area contributed by atoms with E-state index in [1.54, 1.807) is 11.3 Å². The van der Waals surface area contributed by atoms with Crippen molar-refractivity contribution in [3.8, 4) is 5.75 Å². The van der Waals surface area contributed by atoms with E-state index in [2.05, 4.69) is 4.90 Å². The van der Waals surface area contributed by atoms with Crippen LogP contribution in [0.25, 0.3) is 0 Å². The van der Waals surface area contributed by atoms with Gasteiger partial charge in [0.1, 0.15) is 18.5 Å². The number of aliphatic hydroxyl groups is 1. The summed E-state index contributed by atoms with van der Waals surface area (Å²) >= 11 is 1.64. The van der Waals surface area contributed by atoms with E-state index < -0.39 is 15.9 Å². The van der Waals surface area contributed by atoms with Crippen LogP contribution in [0, 0.1) is 6.92 Å². The quantitative estimate of drug-likeness (QED) is 0.744. The smallest absolute Gasteiger partial charge is 0.151 e. The number of rotatable bonds is 8. The molecule has 0 bridgehead atoms. The summed E-state index contributed by atoms with van der Waals surface area (Å²) < 4.78 is 29.4. The van der Waals surface area contributed by atoms with Crippen molar-refractivity contribution < 1.29 is 18.3 Å². The fraction of sp³-hybridized carbons (Fsp3) is 0.474. The van der Waals surface area contributed by atoms with Crippen molar-refractivity contribution in [2.24, 2.45) is 0 Å². The van der Waals surface area contributed by atoms with Crippen LogP contribution >= 0.6 is 11.3 Å². The highest BCUT2D eigenvalue weighted by molar-refractivity contribution is 7.91. The van der Waals surface area contributed by atoms with Gasteiger partial charge >= 0.3 is 0 Å². The number of hydrogen-bond donors (Lipinski definition) is 1. The number of hydrogen-bond acceptors (Lipinski definition) is 6. The maximum atomic E-state index is 11.9. The predicted octanol–water partition coefficient (Wildman–Crippen LogP) is 2.49. The van der Waals surface area contributed by atoms with Crippen LogP contribution in [0.15, 0.2) is 41.8 Å². The number of benzene rings is 1. The summed E-state index contributed by atoms with van der Waals surface area (Å²) in [6.07, 6.45) is -0.0567. The molecule has 2 unspecified atom stereocenters. The zero-order valence-electron chi connectivity index (χ0n) is 14.9. The van der Waals surface area contributed by atoms with E-state index in [4.69, 9.17) is 4.74 Å². The Hall–Kier alpha value is -1.41. The maximum absolute atomic E-state index is 11.9. The van der Waals surface area contributed by atoms with Crippen molar-refractivity contribution in [2.75, 3.05) is 24.7 Å². The van der Waals surface area contributed by atoms with Crippen LogP contribution in [0.4, 0.5) is 0 Å². The predicted molar refractivity (Wildman–Crippen MR) is 104 cm³/mol. The van der Waals surface area contributed by atoms with Gasteiger partial charge in [0.2, 0.25) is 0 Å². The molecule has 1 fully saturated rings. The number of sulfone groups is 1. The van der Waals surface area contributed by atoms with Crippen molar-refractivity contribution in [3.05, 3.63) is 52.2 Å². The lowest BCUT2D eigenvalue weighted by molar-refractivity contribution is 0.0529. The minimum Gasteiger partial charge on any atom is -0.491 e. The zero-order valence-corrected chi connectivity index (χ0v) is 16.5. The van der Waals surface area contributed by atoms with Crippen LogP contribution in [0.5, 0.6) is 5.75 Å². The Balaban J connectivity index is 1.59. The first-order valence-electron chi connectivity index (χ1n) is 8.76. The van der Waals surface area contributed by atoms with E-state index in [0.29, 0.717) is 19.5 Å². The summed E-state index contributed by atoms with van der Waals surface area (Å²) in [6, 6.07) is 11.7. The third-order valence-electron chi connectivity index (χ3n) is 4.57. The van der Waals surface area contributed by atoms with E-state index in [9.17, 15) is 13.5 Å². The Kier molecular flexibility index (Phi) is 6.34. The molecule has 1 aromatic carbocycles. The van der Waals surface area contributed by atoms with Crippen molar-refractivity contribution in [2.45, 2.75) is 32.0 Å². The highest BCUT2D eigenvalue weighted by atomic mass is 32.2. The van der Waals surface area contributed by atoms with Gasteiger partial charge in [-0.2, -0.15) is 0 Å². The largest absolute Gasteiger partial charge is 0.491 e. The van der Waals surface area contributed by atoms with Gasteiger partial charge in [-0.05, 0) is 36.9 Å². The van der Waals surface area contributed by atoms with Crippen molar-refractivity contribution in [3.63, 3.8) is 0 Å². The molecule has 1 N–H and O–H groups in total. The Morgan fingerprint density at radius 1 is 1.31 bits per heavy atom. The minimum atomic E-state index is -2.97. The lowest BCUT2D eigenvalue weighted by Crippen LogP contribution is -2.42. The van der Waals surface area contributed by atoms with Crippen molar-refractivity contribution >= 4 is 21.2 Å². The molecule has 0 spiro atoms. The summed E-state index contributed by atoms with van der Waals surface area (Å²) in [5.74, 6) is 1.13. The monoisotopic (exact) mass is 395 g/mol. The first-order chi connectivity index (χ1) is 12.4. The normalized spacial score (nSPS) is 20.3. The van der Waals surface area contributed by atoms with Gasteiger partial charge in [0.15, 0.2) is 9.84 Å². The summed E-state index contributed by atoms with van der Waals surface area (Å²) in [5, 5.41) is 12.5. The first-order valence-corrected chi connectivity index (χ1v) is 11.5. The average molecular weight is 396 g/mol. The standard InChI is InChI=1S/C19H25NO4S2/c1-15-4-6-18(7-5-15)24-13-17(21)11-20(12-19-3-2-9-25-19)16-8-10-26(22,23)14-16/h2-7,9,16-17,21H,8,10-14H2,1H3. The molecule has 2 heterocycles. The fourth-order valence-electron chi connectivity index (χ4n) is 3.16. The van der Waals surface area contributed by atoms with Crippen molar-refractivity contribution in [1.29, 1.82) is 0 Å². The summed E-state index contributed by atoms with van der Waals surface area (Å²) in [5.41, 5.74) is 1.16. The molecular formula is C19H25NO4S2. The third kappa shape index (κ3) is 5.54. The molecule has 2 atom stereocenters. The second-order valence-corrected chi connectivity index (χ2v) is 10.1. The highest BCUT2D eigenvalue weighted by Gasteiger charge is 2.33. The maximum Gasteiger partial charge on any atom is 0.151 e. The van der Waals surface area contributed by atoms with Gasteiger partial charge < -0.3 is 9.84 Å². The number of ether oxygens (including phenoxy) is 1. The lowest BCUT2D eigenvalue weighted by Gasteiger charge is -2.29. The Labute approximate surface area is 159 Å². The van der Waals surface area contributed by atoms with Crippen LogP contribution in [-0.4, -0.2) is 55.2 Å². The minimum absolute atomic E-state index is 0.0453. The van der Waals surface area contributed by atoms with Gasteiger partial charge in [-0.1, -0.05) is 23.8 Å². The third-order valence-corrected chi connectivity index (χ3v) is 7.18. The lowest BCUT2D eigenvalue weighted by atomic mass is 10.2. The van der Waals surface area contributed by atoms with Gasteiger partial charge in [0.25, 0.3) is 0 Å². The molecule has 1 aromatic heterocycles. The van der Waals surface area contributed by atoms with Crippen molar-refractivity contribution in [1.82, 2.24) is 4.90 Å². The van der Waals surface area contributed by atoms with E-state index in [0.717, 1.165) is 11.3 Å². The molecule has 2 aromatic rings. The molecule has 1 aliphatic rings. The van der Waals surface area contributed by atoms with Gasteiger partial charge in [-0.15, -0.1) is 11.3 Å². The number of aliphatic hydroxyl groups excluding tert-OH is 1. The average Bonchev–Trinajstić information content (AvgIpc) is 3.23. The Morgan fingerprint density at radius 3 is 2.69 bits per heavy atom. The van der Waals surface area contributed by atoms with Crippen LogP contribution in [0.1, 0.15) is 16.9 Å². The molecule has 3 rings (SSSR count). The molecule has 0 amide bonds. The summed E-state index contributed by atoms with van der Waals surface area (Å²) in [4.78, 5) is 3.25. The van der Waals surface area contributed by atoms with Gasteiger partial charge in [-0.25, -0.2) is 8.42 Å². The SMILES string of the molecule is Cc1ccc(OCC(O)CN(Cc2cccs2)C2CCS(=O)(=O)C2)cc1. The molecule has 1 aliphatic heterocycles. The molecular weight excluding hydrogens is 370 g/mol. The van der Waals surface area contributed by atoms with Crippen LogP contribution < -0.4 is 4.74 Å². The summed E-state index contributed by atoms with van der Waals surface area (Å²) in [6.45, 7) is 3.24. The molecule has 0 saturated carbocycles. The summed E-state index contributed by atoms with van der Waals surface area (Å²) in [7, 11) is -2.97. The number of nitrogens with zero attached hydrogens (tertiary/aromatic N) is 1. The first kappa shape index (κ1) is 19.4. The highest BCUT2D eigenvalue weighted by Crippen LogP contribution is 2.22. The van der Waals surface area contributed by atoms with E-state index in [1.807, 2.05) is 48.7 Å². The second kappa shape index (κ2) is 8.52. The van der Waals surface area contributed by atoms with Gasteiger partial charge in [0, 0.05) is 24.0 Å². The van der Waals surface area contributed by atoms with Gasteiger partial charge in [0.05, 0.1) is 11.5 Å². The zero-order chi connectivity index (χ0) is 18.6. The fourth-order valence-corrected chi connectivity index (χ4v) is 5.65. The molecule has 1 saturated heterocycles. The van der Waals surface area contributed by atoms with E-state index >= 15 is 0 Å². The topological polar surface area (TPSA) is 66.8 Å².